The van der Waals surface area contributed by atoms with Crippen molar-refractivity contribution in [3.63, 3.8) is 0 Å². The molecule has 1 N–H and O–H groups in total. The van der Waals surface area contributed by atoms with E-state index in [0.29, 0.717) is 13.2 Å². The summed E-state index contributed by atoms with van der Waals surface area (Å²) in [6.07, 6.45) is 0. The molecule has 0 unspecified atom stereocenters. The lowest BCUT2D eigenvalue weighted by Crippen LogP contribution is -2.17. The van der Waals surface area contributed by atoms with Crippen LogP contribution in [0.25, 0.3) is 0 Å². The van der Waals surface area contributed by atoms with Crippen molar-refractivity contribution in [1.82, 2.24) is 19.1 Å². The summed E-state index contributed by atoms with van der Waals surface area (Å²) in [5.74, 6) is 1.57. The SMILES string of the molecule is Cc1cc(OCc2cc(=O)[nH]n2C)c(C)cc1Cl.Cc1cc(OCc2cc(=O)n(C)n2C)c(C)cc1Cl. The Balaban J connectivity index is 0.000000206. The summed E-state index contributed by atoms with van der Waals surface area (Å²) in [5.41, 5.74) is 5.38. The van der Waals surface area contributed by atoms with Gasteiger partial charge in [0.1, 0.15) is 24.7 Å². The summed E-state index contributed by atoms with van der Waals surface area (Å²) in [7, 11) is 5.34. The predicted octanol–water partition coefficient (Wildman–Crippen LogP) is 5.14. The van der Waals surface area contributed by atoms with Gasteiger partial charge in [0.15, 0.2) is 0 Å². The third-order valence-electron chi connectivity index (χ3n) is 6.14. The molecule has 4 aromatic rings. The summed E-state index contributed by atoms with van der Waals surface area (Å²) in [6.45, 7) is 8.46. The number of hydrogen-bond donors (Lipinski definition) is 1. The minimum Gasteiger partial charge on any atom is -0.487 e. The number of rotatable bonds is 6. The average Bonchev–Trinajstić information content (AvgIpc) is 3.28. The average molecular weight is 547 g/mol. The minimum atomic E-state index is -0.125. The molecule has 0 saturated carbocycles. The Hall–Kier alpha value is -3.36. The van der Waals surface area contributed by atoms with Crippen LogP contribution in [0.4, 0.5) is 0 Å². The number of H-pyrrole nitrogens is 1. The maximum absolute atomic E-state index is 11.5. The van der Waals surface area contributed by atoms with Crippen LogP contribution in [0, 0.1) is 27.7 Å². The Kier molecular flexibility index (Phi) is 8.99. The van der Waals surface area contributed by atoms with Gasteiger partial charge in [-0.2, -0.15) is 0 Å². The van der Waals surface area contributed by atoms with Crippen molar-refractivity contribution in [2.45, 2.75) is 40.9 Å². The molecule has 0 aliphatic heterocycles. The van der Waals surface area contributed by atoms with E-state index in [9.17, 15) is 9.59 Å². The normalized spacial score (nSPS) is 10.7. The van der Waals surface area contributed by atoms with Crippen molar-refractivity contribution in [3.05, 3.63) is 101 Å². The summed E-state index contributed by atoms with van der Waals surface area (Å²) < 4.78 is 16.5. The van der Waals surface area contributed by atoms with E-state index in [-0.39, 0.29) is 11.1 Å². The molecule has 0 fully saturated rings. The summed E-state index contributed by atoms with van der Waals surface area (Å²) in [4.78, 5) is 22.6. The van der Waals surface area contributed by atoms with Gasteiger partial charge in [-0.05, 0) is 74.2 Å². The highest BCUT2D eigenvalue weighted by atomic mass is 35.5. The van der Waals surface area contributed by atoms with Gasteiger partial charge in [0.2, 0.25) is 0 Å². The van der Waals surface area contributed by atoms with Crippen LogP contribution in [0.3, 0.4) is 0 Å². The molecular weight excluding hydrogens is 515 g/mol. The molecule has 8 nitrogen and oxygen atoms in total. The molecule has 2 aromatic heterocycles. The van der Waals surface area contributed by atoms with Crippen LogP contribution in [-0.4, -0.2) is 19.1 Å². The summed E-state index contributed by atoms with van der Waals surface area (Å²) in [5, 5.41) is 4.10. The van der Waals surface area contributed by atoms with Crippen LogP contribution in [0.15, 0.2) is 46.0 Å². The van der Waals surface area contributed by atoms with Crippen LogP contribution in [0.2, 0.25) is 10.0 Å². The van der Waals surface area contributed by atoms with E-state index in [2.05, 4.69) is 5.10 Å². The summed E-state index contributed by atoms with van der Waals surface area (Å²) in [6, 6.07) is 10.7. The molecule has 198 valence electrons. The van der Waals surface area contributed by atoms with Gasteiger partial charge in [0.25, 0.3) is 11.1 Å². The molecule has 0 aliphatic carbocycles. The lowest BCUT2D eigenvalue weighted by Gasteiger charge is -2.12. The number of benzene rings is 2. The number of nitrogens with zero attached hydrogens (tertiary/aromatic N) is 3. The maximum atomic E-state index is 11.5. The molecule has 0 aliphatic rings. The molecule has 37 heavy (non-hydrogen) atoms. The fourth-order valence-electron chi connectivity index (χ4n) is 3.58. The third-order valence-corrected chi connectivity index (χ3v) is 6.96. The highest BCUT2D eigenvalue weighted by Gasteiger charge is 2.09. The van der Waals surface area contributed by atoms with Crippen molar-refractivity contribution in [2.75, 3.05) is 0 Å². The van der Waals surface area contributed by atoms with Crippen LogP contribution < -0.4 is 20.6 Å². The zero-order chi connectivity index (χ0) is 27.4. The largest absolute Gasteiger partial charge is 0.487 e. The van der Waals surface area contributed by atoms with Crippen molar-refractivity contribution in [2.24, 2.45) is 21.1 Å². The molecule has 10 heteroatoms. The second-order valence-electron chi connectivity index (χ2n) is 9.00. The first-order valence-electron chi connectivity index (χ1n) is 11.6. The lowest BCUT2D eigenvalue weighted by atomic mass is 10.1. The monoisotopic (exact) mass is 546 g/mol. The van der Waals surface area contributed by atoms with E-state index in [4.69, 9.17) is 32.7 Å². The summed E-state index contributed by atoms with van der Waals surface area (Å²) >= 11 is 12.1. The Labute approximate surface area is 225 Å². The topological polar surface area (TPSA) is 83.2 Å². The molecule has 2 aromatic carbocycles. The quantitative estimate of drug-likeness (QED) is 0.363. The van der Waals surface area contributed by atoms with Crippen LogP contribution in [-0.2, 0) is 34.4 Å². The molecule has 2 heterocycles. The highest BCUT2D eigenvalue weighted by molar-refractivity contribution is 6.31. The number of aromatic nitrogens is 4. The standard InChI is InChI=1S/C14H17ClN2O2.C13H15ClN2O2/c1-9-6-13(10(2)5-12(9)15)19-8-11-7-14(18)17(4)16(11)3;1-8-5-12(9(2)4-11(8)14)18-7-10-6-13(17)15-16(10)3/h5-7H,8H2,1-4H3;4-6H,7H2,1-3H3,(H,15,17). The molecule has 4 rings (SSSR count). The number of ether oxygens (including phenoxy) is 2. The first-order valence-corrected chi connectivity index (χ1v) is 12.4. The second-order valence-corrected chi connectivity index (χ2v) is 9.82. The first-order chi connectivity index (χ1) is 17.4. The molecule has 0 radical (unpaired) electrons. The fraction of sp³-hybridized carbons (Fsp3) is 0.333. The minimum absolute atomic E-state index is 0.0369. The van der Waals surface area contributed by atoms with E-state index in [1.807, 2.05) is 59.0 Å². The van der Waals surface area contributed by atoms with Gasteiger partial charge in [0, 0.05) is 43.3 Å². The van der Waals surface area contributed by atoms with E-state index in [1.54, 1.807) is 34.2 Å². The van der Waals surface area contributed by atoms with Crippen molar-refractivity contribution in [3.8, 4) is 11.5 Å². The van der Waals surface area contributed by atoms with Crippen molar-refractivity contribution in [1.29, 1.82) is 0 Å². The Morgan fingerprint density at radius 1 is 0.676 bits per heavy atom. The lowest BCUT2D eigenvalue weighted by molar-refractivity contribution is 0.289. The Bertz CT molecular complexity index is 1530. The zero-order valence-electron chi connectivity index (χ0n) is 22.1. The Morgan fingerprint density at radius 3 is 1.57 bits per heavy atom. The molecule has 0 bridgehead atoms. The number of aryl methyl sites for hydroxylation is 5. The second kappa shape index (κ2) is 11.8. The number of halogens is 2. The van der Waals surface area contributed by atoms with Crippen molar-refractivity contribution < 1.29 is 9.47 Å². The van der Waals surface area contributed by atoms with Gasteiger partial charge in [0.05, 0.1) is 11.4 Å². The van der Waals surface area contributed by atoms with E-state index in [1.165, 1.54) is 6.07 Å². The third kappa shape index (κ3) is 6.90. The predicted molar refractivity (Wildman–Crippen MR) is 147 cm³/mol. The maximum Gasteiger partial charge on any atom is 0.266 e. The van der Waals surface area contributed by atoms with Gasteiger partial charge >= 0.3 is 0 Å². The van der Waals surface area contributed by atoms with E-state index in [0.717, 1.165) is 55.2 Å². The smallest absolute Gasteiger partial charge is 0.266 e. The van der Waals surface area contributed by atoms with Gasteiger partial charge in [-0.15, -0.1) is 0 Å². The van der Waals surface area contributed by atoms with Crippen LogP contribution in [0.1, 0.15) is 33.6 Å². The first kappa shape index (κ1) is 28.2. The van der Waals surface area contributed by atoms with Crippen molar-refractivity contribution >= 4 is 23.2 Å². The van der Waals surface area contributed by atoms with Crippen LogP contribution >= 0.6 is 23.2 Å². The van der Waals surface area contributed by atoms with E-state index < -0.39 is 0 Å². The number of nitrogens with one attached hydrogen (secondary N) is 1. The number of aromatic amines is 1. The molecule has 0 atom stereocenters. The highest BCUT2D eigenvalue weighted by Crippen LogP contribution is 2.27. The molecule has 0 saturated heterocycles. The van der Waals surface area contributed by atoms with Gasteiger partial charge < -0.3 is 9.47 Å². The van der Waals surface area contributed by atoms with Gasteiger partial charge in [-0.3, -0.25) is 28.7 Å². The number of hydrogen-bond acceptors (Lipinski definition) is 4. The Morgan fingerprint density at radius 2 is 1.16 bits per heavy atom. The zero-order valence-corrected chi connectivity index (χ0v) is 23.6. The van der Waals surface area contributed by atoms with E-state index >= 15 is 0 Å². The van der Waals surface area contributed by atoms with Gasteiger partial charge in [-0.25, -0.2) is 0 Å². The van der Waals surface area contributed by atoms with Gasteiger partial charge in [-0.1, -0.05) is 23.2 Å². The molecular formula is C27H32Cl2N4O4. The molecule has 0 spiro atoms. The molecule has 0 amide bonds. The fourth-order valence-corrected chi connectivity index (χ4v) is 4.02. The van der Waals surface area contributed by atoms with Crippen LogP contribution in [0.5, 0.6) is 11.5 Å².